The summed E-state index contributed by atoms with van der Waals surface area (Å²) in [4.78, 5) is 3.99. The number of nitrogens with zero attached hydrogens (tertiary/aromatic N) is 2. The van der Waals surface area contributed by atoms with Crippen LogP contribution in [0.4, 0.5) is 0 Å². The van der Waals surface area contributed by atoms with Gasteiger partial charge in [0.1, 0.15) is 10.9 Å². The van der Waals surface area contributed by atoms with Crippen LogP contribution >= 0.6 is 11.6 Å². The highest BCUT2D eigenvalue weighted by Crippen LogP contribution is 2.29. The standard InChI is InChI=1S/C9H8ClN3O/c1-14-8-2-9(10)11-5-7(8)6-3-12-13-4-6/h2-5H,1H3,(H,12,13). The van der Waals surface area contributed by atoms with E-state index in [1.807, 2.05) is 0 Å². The van der Waals surface area contributed by atoms with Gasteiger partial charge >= 0.3 is 0 Å². The first kappa shape index (κ1) is 9.02. The Kier molecular flexibility index (Phi) is 2.37. The summed E-state index contributed by atoms with van der Waals surface area (Å²) in [7, 11) is 1.59. The van der Waals surface area contributed by atoms with Crippen molar-refractivity contribution in [2.45, 2.75) is 0 Å². The van der Waals surface area contributed by atoms with Crippen LogP contribution in [0.15, 0.2) is 24.7 Å². The van der Waals surface area contributed by atoms with Crippen molar-refractivity contribution in [3.8, 4) is 16.9 Å². The Labute approximate surface area is 85.9 Å². The smallest absolute Gasteiger partial charge is 0.132 e. The number of aromatic nitrogens is 3. The second kappa shape index (κ2) is 3.67. The first-order valence-corrected chi connectivity index (χ1v) is 4.37. The molecule has 0 spiro atoms. The van der Waals surface area contributed by atoms with E-state index < -0.39 is 0 Å². The molecule has 0 amide bonds. The van der Waals surface area contributed by atoms with E-state index in [9.17, 15) is 0 Å². The van der Waals surface area contributed by atoms with E-state index in [-0.39, 0.29) is 0 Å². The summed E-state index contributed by atoms with van der Waals surface area (Å²) < 4.78 is 5.18. The average molecular weight is 210 g/mol. The van der Waals surface area contributed by atoms with E-state index in [1.165, 1.54) is 0 Å². The zero-order chi connectivity index (χ0) is 9.97. The molecule has 0 saturated carbocycles. The highest BCUT2D eigenvalue weighted by atomic mass is 35.5. The van der Waals surface area contributed by atoms with Crippen LogP contribution in [0.2, 0.25) is 5.15 Å². The van der Waals surface area contributed by atoms with Gasteiger partial charge in [-0.1, -0.05) is 11.6 Å². The second-order valence-electron chi connectivity index (χ2n) is 2.69. The average Bonchev–Trinajstić information content (AvgIpc) is 2.70. The van der Waals surface area contributed by atoms with Crippen LogP contribution in [0.1, 0.15) is 0 Å². The van der Waals surface area contributed by atoms with Crippen LogP contribution < -0.4 is 4.74 Å². The van der Waals surface area contributed by atoms with Gasteiger partial charge in [-0.15, -0.1) is 0 Å². The van der Waals surface area contributed by atoms with Crippen molar-refractivity contribution in [2.24, 2.45) is 0 Å². The monoisotopic (exact) mass is 209 g/mol. The maximum atomic E-state index is 5.74. The molecule has 0 aliphatic carbocycles. The molecule has 2 aromatic heterocycles. The van der Waals surface area contributed by atoms with E-state index >= 15 is 0 Å². The summed E-state index contributed by atoms with van der Waals surface area (Å²) in [6.07, 6.45) is 5.13. The summed E-state index contributed by atoms with van der Waals surface area (Å²) in [5, 5.41) is 6.99. The van der Waals surface area contributed by atoms with Crippen LogP contribution in [0, 0.1) is 0 Å². The highest BCUT2D eigenvalue weighted by molar-refractivity contribution is 6.29. The molecule has 14 heavy (non-hydrogen) atoms. The van der Waals surface area contributed by atoms with E-state index in [4.69, 9.17) is 16.3 Å². The molecule has 1 N–H and O–H groups in total. The van der Waals surface area contributed by atoms with Gasteiger partial charge in [-0.05, 0) is 0 Å². The van der Waals surface area contributed by atoms with Crippen molar-refractivity contribution >= 4 is 11.6 Å². The molecule has 2 heterocycles. The molecule has 0 radical (unpaired) electrons. The summed E-state index contributed by atoms with van der Waals surface area (Å²) in [5.74, 6) is 0.686. The number of methoxy groups -OCH3 is 1. The molecule has 0 atom stereocenters. The zero-order valence-electron chi connectivity index (χ0n) is 7.49. The maximum absolute atomic E-state index is 5.74. The fourth-order valence-corrected chi connectivity index (χ4v) is 1.34. The Balaban J connectivity index is 2.53. The summed E-state index contributed by atoms with van der Waals surface area (Å²) in [6, 6.07) is 1.67. The molecule has 0 aromatic carbocycles. The van der Waals surface area contributed by atoms with E-state index in [1.54, 1.807) is 31.8 Å². The van der Waals surface area contributed by atoms with Crippen molar-refractivity contribution in [1.82, 2.24) is 15.2 Å². The SMILES string of the molecule is COc1cc(Cl)ncc1-c1cn[nH]c1. The Bertz CT molecular complexity index is 428. The lowest BCUT2D eigenvalue weighted by Crippen LogP contribution is -1.88. The van der Waals surface area contributed by atoms with E-state index in [2.05, 4.69) is 15.2 Å². The quantitative estimate of drug-likeness (QED) is 0.771. The molecule has 0 bridgehead atoms. The maximum Gasteiger partial charge on any atom is 0.132 e. The Morgan fingerprint density at radius 3 is 2.93 bits per heavy atom. The molecule has 0 saturated heterocycles. The minimum atomic E-state index is 0.411. The highest BCUT2D eigenvalue weighted by Gasteiger charge is 2.07. The number of H-pyrrole nitrogens is 1. The van der Waals surface area contributed by atoms with Crippen molar-refractivity contribution < 1.29 is 4.74 Å². The number of pyridine rings is 1. The molecule has 0 aliphatic rings. The van der Waals surface area contributed by atoms with Crippen LogP contribution in [0.25, 0.3) is 11.1 Å². The van der Waals surface area contributed by atoms with Gasteiger partial charge in [0.15, 0.2) is 0 Å². The normalized spacial score (nSPS) is 10.1. The Hall–Kier alpha value is -1.55. The van der Waals surface area contributed by atoms with Crippen LogP contribution in [0.3, 0.4) is 0 Å². The first-order chi connectivity index (χ1) is 6.81. The molecule has 5 heteroatoms. The van der Waals surface area contributed by atoms with Crippen molar-refractivity contribution in [1.29, 1.82) is 0 Å². The lowest BCUT2D eigenvalue weighted by molar-refractivity contribution is 0.416. The van der Waals surface area contributed by atoms with Gasteiger partial charge in [0, 0.05) is 29.6 Å². The molecule has 0 unspecified atom stereocenters. The van der Waals surface area contributed by atoms with Gasteiger partial charge in [0.05, 0.1) is 13.3 Å². The predicted octanol–water partition coefficient (Wildman–Crippen LogP) is 2.13. The minimum Gasteiger partial charge on any atom is -0.496 e. The fraction of sp³-hybridized carbons (Fsp3) is 0.111. The van der Waals surface area contributed by atoms with Crippen LogP contribution in [0.5, 0.6) is 5.75 Å². The van der Waals surface area contributed by atoms with Crippen molar-refractivity contribution in [2.75, 3.05) is 7.11 Å². The Morgan fingerprint density at radius 1 is 1.43 bits per heavy atom. The van der Waals surface area contributed by atoms with Crippen LogP contribution in [-0.2, 0) is 0 Å². The third kappa shape index (κ3) is 1.56. The van der Waals surface area contributed by atoms with Gasteiger partial charge in [-0.2, -0.15) is 5.10 Å². The number of hydrogen-bond donors (Lipinski definition) is 1. The largest absolute Gasteiger partial charge is 0.496 e. The van der Waals surface area contributed by atoms with Gasteiger partial charge < -0.3 is 4.74 Å². The third-order valence-corrected chi connectivity index (χ3v) is 2.07. The topological polar surface area (TPSA) is 50.8 Å². The number of aromatic amines is 1. The summed E-state index contributed by atoms with van der Waals surface area (Å²) in [6.45, 7) is 0. The second-order valence-corrected chi connectivity index (χ2v) is 3.08. The molecule has 4 nitrogen and oxygen atoms in total. The lowest BCUT2D eigenvalue weighted by Gasteiger charge is -2.05. The van der Waals surface area contributed by atoms with Gasteiger partial charge in [0.25, 0.3) is 0 Å². The van der Waals surface area contributed by atoms with E-state index in [0.717, 1.165) is 11.1 Å². The number of halogens is 1. The zero-order valence-corrected chi connectivity index (χ0v) is 8.25. The molecule has 0 fully saturated rings. The molecule has 0 aliphatic heterocycles. The summed E-state index contributed by atoms with van der Waals surface area (Å²) >= 11 is 5.74. The molecule has 2 rings (SSSR count). The van der Waals surface area contributed by atoms with Crippen LogP contribution in [-0.4, -0.2) is 22.3 Å². The number of rotatable bonds is 2. The molecule has 72 valence electrons. The van der Waals surface area contributed by atoms with Gasteiger partial charge in [0.2, 0.25) is 0 Å². The van der Waals surface area contributed by atoms with Gasteiger partial charge in [-0.3, -0.25) is 5.10 Å². The Morgan fingerprint density at radius 2 is 2.29 bits per heavy atom. The lowest BCUT2D eigenvalue weighted by atomic mass is 10.1. The minimum absolute atomic E-state index is 0.411. The van der Waals surface area contributed by atoms with Crippen molar-refractivity contribution in [3.63, 3.8) is 0 Å². The molecule has 2 aromatic rings. The fourth-order valence-electron chi connectivity index (χ4n) is 1.20. The molecular weight excluding hydrogens is 202 g/mol. The van der Waals surface area contributed by atoms with Crippen molar-refractivity contribution in [3.05, 3.63) is 29.8 Å². The predicted molar refractivity (Wildman–Crippen MR) is 53.4 cm³/mol. The number of ether oxygens (including phenoxy) is 1. The number of hydrogen-bond acceptors (Lipinski definition) is 3. The summed E-state index contributed by atoms with van der Waals surface area (Å²) in [5.41, 5.74) is 1.79. The molecular formula is C9H8ClN3O. The first-order valence-electron chi connectivity index (χ1n) is 4.00. The third-order valence-electron chi connectivity index (χ3n) is 1.86. The van der Waals surface area contributed by atoms with Gasteiger partial charge in [-0.25, -0.2) is 4.98 Å². The van der Waals surface area contributed by atoms with E-state index in [0.29, 0.717) is 10.9 Å². The number of nitrogens with one attached hydrogen (secondary N) is 1.